The van der Waals surface area contributed by atoms with Gasteiger partial charge in [-0.3, -0.25) is 0 Å². The van der Waals surface area contributed by atoms with Gasteiger partial charge in [0.15, 0.2) is 5.82 Å². The van der Waals surface area contributed by atoms with Crippen molar-refractivity contribution in [3.8, 4) is 11.6 Å². The van der Waals surface area contributed by atoms with Crippen LogP contribution in [0.2, 0.25) is 0 Å². The third-order valence-electron chi connectivity index (χ3n) is 2.73. The number of aromatic nitrogens is 3. The van der Waals surface area contributed by atoms with Gasteiger partial charge in [0.1, 0.15) is 11.5 Å². The maximum Gasteiger partial charge on any atom is 0.276 e. The van der Waals surface area contributed by atoms with Gasteiger partial charge in [0, 0.05) is 12.5 Å². The highest BCUT2D eigenvalue weighted by atomic mass is 16.5. The minimum Gasteiger partial charge on any atom is -0.384 e. The van der Waals surface area contributed by atoms with Crippen LogP contribution in [0.4, 0.5) is 5.82 Å². The lowest BCUT2D eigenvalue weighted by Gasteiger charge is -1.97. The van der Waals surface area contributed by atoms with E-state index < -0.39 is 0 Å². The lowest BCUT2D eigenvalue weighted by molar-refractivity contribution is 0.192. The number of anilines is 1. The molecular weight excluding hydrogens is 220 g/mol. The van der Waals surface area contributed by atoms with E-state index in [0.717, 1.165) is 13.0 Å². The van der Waals surface area contributed by atoms with Crippen molar-refractivity contribution in [2.24, 2.45) is 0 Å². The van der Waals surface area contributed by atoms with Crippen LogP contribution in [0.15, 0.2) is 22.7 Å². The minimum atomic E-state index is 0.230. The van der Waals surface area contributed by atoms with E-state index >= 15 is 0 Å². The minimum absolute atomic E-state index is 0.230. The van der Waals surface area contributed by atoms with Gasteiger partial charge < -0.3 is 15.0 Å². The number of hydrogen-bond acceptors (Lipinski definition) is 6. The zero-order chi connectivity index (χ0) is 11.7. The van der Waals surface area contributed by atoms with E-state index in [1.807, 2.05) is 0 Å². The fourth-order valence-electron chi connectivity index (χ4n) is 1.81. The largest absolute Gasteiger partial charge is 0.384 e. The molecule has 0 aliphatic carbocycles. The Bertz CT molecular complexity index is 520. The molecule has 0 aromatic carbocycles. The van der Waals surface area contributed by atoms with Crippen molar-refractivity contribution in [3.05, 3.63) is 24.0 Å². The van der Waals surface area contributed by atoms with Crippen molar-refractivity contribution in [1.82, 2.24) is 15.1 Å². The zero-order valence-corrected chi connectivity index (χ0v) is 9.17. The molecule has 17 heavy (non-hydrogen) atoms. The van der Waals surface area contributed by atoms with Crippen LogP contribution in [0.1, 0.15) is 18.2 Å². The first-order valence-electron chi connectivity index (χ1n) is 5.47. The van der Waals surface area contributed by atoms with Crippen molar-refractivity contribution in [2.75, 3.05) is 18.9 Å². The molecule has 1 aliphatic heterocycles. The first kappa shape index (κ1) is 10.2. The molecule has 1 saturated heterocycles. The lowest BCUT2D eigenvalue weighted by atomic mass is 10.1. The van der Waals surface area contributed by atoms with Crippen LogP contribution < -0.4 is 5.73 Å². The second-order valence-corrected chi connectivity index (χ2v) is 3.97. The first-order valence-corrected chi connectivity index (χ1v) is 5.47. The molecular formula is C11H12N4O2. The number of hydrogen-bond donors (Lipinski definition) is 1. The zero-order valence-electron chi connectivity index (χ0n) is 9.17. The lowest BCUT2D eigenvalue weighted by Crippen LogP contribution is -1.99. The summed E-state index contributed by atoms with van der Waals surface area (Å²) in [6, 6.07) is 5.31. The Morgan fingerprint density at radius 1 is 1.29 bits per heavy atom. The van der Waals surface area contributed by atoms with Crippen LogP contribution in [0.25, 0.3) is 11.6 Å². The third kappa shape index (κ3) is 1.99. The van der Waals surface area contributed by atoms with Crippen LogP contribution >= 0.6 is 0 Å². The van der Waals surface area contributed by atoms with Gasteiger partial charge in [-0.1, -0.05) is 11.2 Å². The summed E-state index contributed by atoms with van der Waals surface area (Å²) in [5.41, 5.74) is 6.20. The average Bonchev–Trinajstić information content (AvgIpc) is 3.00. The number of ether oxygens (including phenoxy) is 1. The second-order valence-electron chi connectivity index (χ2n) is 3.97. The molecule has 3 rings (SSSR count). The summed E-state index contributed by atoms with van der Waals surface area (Å²) in [4.78, 5) is 8.46. The number of pyridine rings is 1. The summed E-state index contributed by atoms with van der Waals surface area (Å²) in [6.45, 7) is 1.41. The molecule has 2 aromatic heterocycles. The molecule has 0 bridgehead atoms. The predicted molar refractivity (Wildman–Crippen MR) is 60.1 cm³/mol. The van der Waals surface area contributed by atoms with Crippen LogP contribution in [0, 0.1) is 0 Å². The van der Waals surface area contributed by atoms with Gasteiger partial charge in [0.25, 0.3) is 5.89 Å². The van der Waals surface area contributed by atoms with Gasteiger partial charge in [-0.2, -0.15) is 4.98 Å². The topological polar surface area (TPSA) is 87.1 Å². The third-order valence-corrected chi connectivity index (χ3v) is 2.73. The molecule has 6 heteroatoms. The molecule has 0 amide bonds. The van der Waals surface area contributed by atoms with Crippen molar-refractivity contribution < 1.29 is 9.26 Å². The SMILES string of the molecule is Nc1cccc(-c2nc(C3CCOC3)no2)n1. The predicted octanol–water partition coefficient (Wildman–Crippen LogP) is 1.22. The molecule has 6 nitrogen and oxygen atoms in total. The molecule has 1 unspecified atom stereocenters. The molecule has 2 N–H and O–H groups in total. The summed E-state index contributed by atoms with van der Waals surface area (Å²) >= 11 is 0. The number of rotatable bonds is 2. The van der Waals surface area contributed by atoms with Gasteiger partial charge in [-0.15, -0.1) is 0 Å². The molecule has 1 aliphatic rings. The normalized spacial score (nSPS) is 19.6. The Morgan fingerprint density at radius 2 is 2.24 bits per heavy atom. The first-order chi connectivity index (χ1) is 8.33. The van der Waals surface area contributed by atoms with Crippen LogP contribution in [0.3, 0.4) is 0 Å². The van der Waals surface area contributed by atoms with E-state index in [-0.39, 0.29) is 5.92 Å². The highest BCUT2D eigenvalue weighted by Gasteiger charge is 2.23. The van der Waals surface area contributed by atoms with Gasteiger partial charge in [-0.05, 0) is 18.6 Å². The van der Waals surface area contributed by atoms with E-state index in [2.05, 4.69) is 15.1 Å². The maximum absolute atomic E-state index is 5.60. The number of nitrogens with two attached hydrogens (primary N) is 1. The summed E-state index contributed by atoms with van der Waals surface area (Å²) < 4.78 is 10.5. The van der Waals surface area contributed by atoms with E-state index in [9.17, 15) is 0 Å². The van der Waals surface area contributed by atoms with Crippen molar-refractivity contribution in [3.63, 3.8) is 0 Å². The second kappa shape index (κ2) is 4.14. The Hall–Kier alpha value is -1.95. The fraction of sp³-hybridized carbons (Fsp3) is 0.364. The Morgan fingerprint density at radius 3 is 3.00 bits per heavy atom. The van der Waals surface area contributed by atoms with E-state index in [4.69, 9.17) is 15.0 Å². The van der Waals surface area contributed by atoms with Crippen molar-refractivity contribution in [2.45, 2.75) is 12.3 Å². The number of nitrogen functional groups attached to an aromatic ring is 1. The van der Waals surface area contributed by atoms with Crippen LogP contribution in [-0.4, -0.2) is 28.3 Å². The quantitative estimate of drug-likeness (QED) is 0.837. The summed E-state index contributed by atoms with van der Waals surface area (Å²) in [7, 11) is 0. The smallest absolute Gasteiger partial charge is 0.276 e. The Labute approximate surface area is 97.8 Å². The summed E-state index contributed by atoms with van der Waals surface area (Å²) in [5.74, 6) is 1.75. The van der Waals surface area contributed by atoms with E-state index in [1.165, 1.54) is 0 Å². The van der Waals surface area contributed by atoms with E-state index in [0.29, 0.717) is 29.8 Å². The highest BCUT2D eigenvalue weighted by Crippen LogP contribution is 2.25. The van der Waals surface area contributed by atoms with Gasteiger partial charge >= 0.3 is 0 Å². The molecule has 0 spiro atoms. The fourth-order valence-corrected chi connectivity index (χ4v) is 1.81. The molecule has 3 heterocycles. The molecule has 1 fully saturated rings. The van der Waals surface area contributed by atoms with Crippen LogP contribution in [0.5, 0.6) is 0 Å². The standard InChI is InChI=1S/C11H12N4O2/c12-9-3-1-2-8(13-9)11-14-10(15-17-11)7-4-5-16-6-7/h1-3,7H,4-6H2,(H2,12,13). The average molecular weight is 232 g/mol. The molecule has 88 valence electrons. The van der Waals surface area contributed by atoms with Crippen molar-refractivity contribution >= 4 is 5.82 Å². The van der Waals surface area contributed by atoms with Gasteiger partial charge in [-0.25, -0.2) is 4.98 Å². The molecule has 2 aromatic rings. The summed E-state index contributed by atoms with van der Waals surface area (Å²) in [6.07, 6.45) is 0.934. The molecule has 0 radical (unpaired) electrons. The summed E-state index contributed by atoms with van der Waals surface area (Å²) in [5, 5.41) is 3.96. The molecule has 0 saturated carbocycles. The monoisotopic (exact) mass is 232 g/mol. The maximum atomic E-state index is 5.60. The van der Waals surface area contributed by atoms with Crippen molar-refractivity contribution in [1.29, 1.82) is 0 Å². The molecule has 1 atom stereocenters. The highest BCUT2D eigenvalue weighted by molar-refractivity contribution is 5.50. The Kier molecular flexibility index (Phi) is 2.49. The van der Waals surface area contributed by atoms with Crippen LogP contribution in [-0.2, 0) is 4.74 Å². The number of nitrogens with zero attached hydrogens (tertiary/aromatic N) is 3. The van der Waals surface area contributed by atoms with Gasteiger partial charge in [0.2, 0.25) is 0 Å². The Balaban J connectivity index is 1.89. The van der Waals surface area contributed by atoms with Gasteiger partial charge in [0.05, 0.1) is 6.61 Å². The van der Waals surface area contributed by atoms with E-state index in [1.54, 1.807) is 18.2 Å².